The molecule has 0 bridgehead atoms. The summed E-state index contributed by atoms with van der Waals surface area (Å²) in [7, 11) is 0. The van der Waals surface area contributed by atoms with E-state index in [1.165, 1.54) is 16.7 Å². The van der Waals surface area contributed by atoms with Crippen molar-refractivity contribution in [2.75, 3.05) is 18.4 Å². The molecule has 2 aromatic rings. The van der Waals surface area contributed by atoms with Crippen molar-refractivity contribution in [2.45, 2.75) is 67.9 Å². The molecule has 0 saturated carbocycles. The fourth-order valence-corrected chi connectivity index (χ4v) is 2.86. The van der Waals surface area contributed by atoms with E-state index in [0.29, 0.717) is 13.0 Å². The first kappa shape index (κ1) is 29.3. The summed E-state index contributed by atoms with van der Waals surface area (Å²) in [4.78, 5) is 24.5. The Morgan fingerprint density at radius 3 is 2.12 bits per heavy atom. The van der Waals surface area contributed by atoms with E-state index in [9.17, 15) is 9.59 Å². The maximum Gasteiger partial charge on any atom is 0.243 e. The van der Waals surface area contributed by atoms with Gasteiger partial charge in [0.25, 0.3) is 0 Å². The van der Waals surface area contributed by atoms with Gasteiger partial charge in [-0.05, 0) is 68.0 Å². The summed E-state index contributed by atoms with van der Waals surface area (Å²) >= 11 is 0. The highest BCUT2D eigenvalue weighted by Crippen LogP contribution is 2.12. The molecule has 178 valence electrons. The molecule has 0 unspecified atom stereocenters. The SMILES string of the molecule is C.CC(C)C.CCN[C@@H](CCc1ccc(C)c(C)c1)C(=O)NCC(=O)Nc1ccccc1. The molecular weight excluding hydrogens is 398 g/mol. The Bertz CT molecular complexity index is 801. The molecule has 0 aliphatic heterocycles. The summed E-state index contributed by atoms with van der Waals surface area (Å²) in [6.07, 6.45) is 1.49. The first-order valence-electron chi connectivity index (χ1n) is 11.1. The van der Waals surface area contributed by atoms with Gasteiger partial charge in [-0.2, -0.15) is 0 Å². The van der Waals surface area contributed by atoms with Crippen LogP contribution in [-0.2, 0) is 16.0 Å². The van der Waals surface area contributed by atoms with Gasteiger partial charge in [-0.3, -0.25) is 9.59 Å². The van der Waals surface area contributed by atoms with E-state index < -0.39 is 0 Å². The molecule has 5 heteroatoms. The molecule has 5 nitrogen and oxygen atoms in total. The Labute approximate surface area is 195 Å². The van der Waals surface area contributed by atoms with Crippen molar-refractivity contribution in [3.63, 3.8) is 0 Å². The van der Waals surface area contributed by atoms with Crippen LogP contribution in [-0.4, -0.2) is 30.9 Å². The van der Waals surface area contributed by atoms with E-state index in [4.69, 9.17) is 0 Å². The predicted octanol–water partition coefficient (Wildman–Crippen LogP) is 5.27. The van der Waals surface area contributed by atoms with E-state index in [2.05, 4.69) is 68.8 Å². The molecular formula is C27H43N3O2. The molecule has 2 amide bonds. The Morgan fingerprint density at radius 2 is 1.56 bits per heavy atom. The Morgan fingerprint density at radius 1 is 0.938 bits per heavy atom. The number of carbonyl (C=O) groups is 2. The van der Waals surface area contributed by atoms with Crippen LogP contribution in [0.4, 0.5) is 5.69 Å². The normalized spacial score (nSPS) is 11.0. The summed E-state index contributed by atoms with van der Waals surface area (Å²) in [5.74, 6) is 0.447. The quantitative estimate of drug-likeness (QED) is 0.497. The second-order valence-corrected chi connectivity index (χ2v) is 8.43. The van der Waals surface area contributed by atoms with Gasteiger partial charge in [-0.15, -0.1) is 0 Å². The number of benzene rings is 2. The van der Waals surface area contributed by atoms with Crippen molar-refractivity contribution >= 4 is 17.5 Å². The lowest BCUT2D eigenvalue weighted by molar-refractivity contribution is -0.125. The van der Waals surface area contributed by atoms with Gasteiger partial charge in [0.15, 0.2) is 0 Å². The first-order chi connectivity index (χ1) is 14.7. The molecule has 0 saturated heterocycles. The molecule has 0 spiro atoms. The molecule has 2 aromatic carbocycles. The van der Waals surface area contributed by atoms with E-state index in [1.54, 1.807) is 0 Å². The number of amides is 2. The standard InChI is InChI=1S/C22H29N3O2.C4H10.CH4/c1-4-23-20(13-12-18-11-10-16(2)17(3)14-18)22(27)24-15-21(26)25-19-8-6-5-7-9-19;1-4(2)3;/h5-11,14,20,23H,4,12-13,15H2,1-3H3,(H,24,27)(H,25,26);4H,1-3H3;1H4/t20-;;/m0../s1. The van der Waals surface area contributed by atoms with E-state index >= 15 is 0 Å². The highest BCUT2D eigenvalue weighted by atomic mass is 16.2. The summed E-state index contributed by atoms with van der Waals surface area (Å²) < 4.78 is 0. The van der Waals surface area contributed by atoms with Crippen LogP contribution >= 0.6 is 0 Å². The van der Waals surface area contributed by atoms with Crippen LogP contribution in [0.5, 0.6) is 0 Å². The third kappa shape index (κ3) is 12.3. The molecule has 3 N–H and O–H groups in total. The number of hydrogen-bond donors (Lipinski definition) is 3. The molecule has 0 heterocycles. The summed E-state index contributed by atoms with van der Waals surface area (Å²) in [6.45, 7) is 13.3. The largest absolute Gasteiger partial charge is 0.346 e. The van der Waals surface area contributed by atoms with Crippen LogP contribution in [0.15, 0.2) is 48.5 Å². The van der Waals surface area contributed by atoms with Gasteiger partial charge >= 0.3 is 0 Å². The average molecular weight is 442 g/mol. The van der Waals surface area contributed by atoms with Crippen LogP contribution < -0.4 is 16.0 Å². The molecule has 32 heavy (non-hydrogen) atoms. The minimum Gasteiger partial charge on any atom is -0.346 e. The Balaban J connectivity index is 0.00000177. The fourth-order valence-electron chi connectivity index (χ4n) is 2.86. The summed E-state index contributed by atoms with van der Waals surface area (Å²) in [6, 6.07) is 15.3. The smallest absolute Gasteiger partial charge is 0.243 e. The van der Waals surface area contributed by atoms with Gasteiger partial charge in [0, 0.05) is 5.69 Å². The Kier molecular flexibility index (Phi) is 14.7. The Hall–Kier alpha value is -2.66. The number of nitrogens with one attached hydrogen (secondary N) is 3. The van der Waals surface area contributed by atoms with Gasteiger partial charge in [0.1, 0.15) is 0 Å². The lowest BCUT2D eigenvalue weighted by Crippen LogP contribution is -2.46. The summed E-state index contributed by atoms with van der Waals surface area (Å²) in [5.41, 5.74) is 4.46. The van der Waals surface area contributed by atoms with Gasteiger partial charge in [0.2, 0.25) is 11.8 Å². The number of rotatable bonds is 9. The van der Waals surface area contributed by atoms with E-state index in [0.717, 1.165) is 18.0 Å². The number of anilines is 1. The molecule has 0 aliphatic rings. The third-order valence-corrected chi connectivity index (χ3v) is 4.54. The number of aryl methyl sites for hydroxylation is 3. The molecule has 0 aromatic heterocycles. The van der Waals surface area contributed by atoms with Crippen molar-refractivity contribution in [3.05, 3.63) is 65.2 Å². The van der Waals surface area contributed by atoms with Gasteiger partial charge in [0.05, 0.1) is 12.6 Å². The molecule has 0 radical (unpaired) electrons. The zero-order chi connectivity index (χ0) is 23.2. The minimum atomic E-state index is -0.318. The lowest BCUT2D eigenvalue weighted by Gasteiger charge is -2.18. The van der Waals surface area contributed by atoms with Crippen LogP contribution in [0.25, 0.3) is 0 Å². The maximum atomic E-state index is 12.5. The number of para-hydroxylation sites is 1. The topological polar surface area (TPSA) is 70.2 Å². The molecule has 0 fully saturated rings. The van der Waals surface area contributed by atoms with E-state index in [-0.39, 0.29) is 31.8 Å². The van der Waals surface area contributed by atoms with Crippen LogP contribution in [0.2, 0.25) is 0 Å². The number of hydrogen-bond acceptors (Lipinski definition) is 3. The number of likely N-dealkylation sites (N-methyl/N-ethyl adjacent to an activating group) is 1. The second kappa shape index (κ2) is 16.0. The highest BCUT2D eigenvalue weighted by Gasteiger charge is 2.18. The molecule has 2 rings (SSSR count). The first-order valence-corrected chi connectivity index (χ1v) is 11.1. The van der Waals surface area contributed by atoms with Crippen molar-refractivity contribution < 1.29 is 9.59 Å². The number of carbonyl (C=O) groups excluding carboxylic acids is 2. The zero-order valence-corrected chi connectivity index (χ0v) is 19.9. The van der Waals surface area contributed by atoms with Crippen molar-refractivity contribution in [3.8, 4) is 0 Å². The minimum absolute atomic E-state index is 0. The van der Waals surface area contributed by atoms with Gasteiger partial charge in [-0.25, -0.2) is 0 Å². The molecule has 1 atom stereocenters. The van der Waals surface area contributed by atoms with Crippen molar-refractivity contribution in [1.82, 2.24) is 10.6 Å². The third-order valence-electron chi connectivity index (χ3n) is 4.54. The average Bonchev–Trinajstić information content (AvgIpc) is 2.72. The van der Waals surface area contributed by atoms with E-state index in [1.807, 2.05) is 37.3 Å². The lowest BCUT2D eigenvalue weighted by atomic mass is 10.0. The second-order valence-electron chi connectivity index (χ2n) is 8.43. The fraction of sp³-hybridized carbons (Fsp3) is 0.481. The van der Waals surface area contributed by atoms with Crippen molar-refractivity contribution in [2.24, 2.45) is 5.92 Å². The monoisotopic (exact) mass is 441 g/mol. The summed E-state index contributed by atoms with van der Waals surface area (Å²) in [5, 5.41) is 8.70. The van der Waals surface area contributed by atoms with Crippen LogP contribution in [0, 0.1) is 19.8 Å². The van der Waals surface area contributed by atoms with Crippen LogP contribution in [0.3, 0.4) is 0 Å². The van der Waals surface area contributed by atoms with Crippen LogP contribution in [0.1, 0.15) is 58.2 Å². The zero-order valence-electron chi connectivity index (χ0n) is 19.9. The van der Waals surface area contributed by atoms with Gasteiger partial charge in [-0.1, -0.05) is 71.5 Å². The van der Waals surface area contributed by atoms with Crippen molar-refractivity contribution in [1.29, 1.82) is 0 Å². The van der Waals surface area contributed by atoms with Gasteiger partial charge < -0.3 is 16.0 Å². The highest BCUT2D eigenvalue weighted by molar-refractivity contribution is 5.95. The predicted molar refractivity (Wildman–Crippen MR) is 137 cm³/mol. The molecule has 0 aliphatic carbocycles. The maximum absolute atomic E-state index is 12.5.